The van der Waals surface area contributed by atoms with Gasteiger partial charge < -0.3 is 47.2 Å². The van der Waals surface area contributed by atoms with E-state index in [4.69, 9.17) is 79.0 Å². The number of aldehydes is 1. The maximum absolute atomic E-state index is 12.4. The smallest absolute Gasteiger partial charge is 0.446 e. The number of hydroxylamine groups is 7. The lowest BCUT2D eigenvalue weighted by Gasteiger charge is -2.26. The molecule has 17 N–H and O–H groups in total. The van der Waals surface area contributed by atoms with Crippen LogP contribution in [0.4, 0.5) is 13.2 Å². The highest BCUT2D eigenvalue weighted by Gasteiger charge is 2.43. The van der Waals surface area contributed by atoms with Crippen LogP contribution in [-0.4, -0.2) is 200 Å². The molecule has 0 saturated heterocycles. The highest BCUT2D eigenvalue weighted by Crippen LogP contribution is 2.29. The number of hydrogen-bond donors (Lipinski definition) is 11. The lowest BCUT2D eigenvalue weighted by atomic mass is 10.1. The number of amides is 10. The van der Waals surface area contributed by atoms with Crippen molar-refractivity contribution in [1.29, 1.82) is 0 Å². The van der Waals surface area contributed by atoms with Crippen molar-refractivity contribution in [2.75, 3.05) is 38.6 Å². The molecule has 0 unspecified atom stereocenters. The molecule has 3 heterocycles. The maximum Gasteiger partial charge on any atom is 0.446 e. The number of aliphatic hydroxyl groups excluding tert-OH is 1. The minimum Gasteiger partial charge on any atom is -0.479 e. The fraction of sp³-hybridized carbons (Fsp3) is 0.527. The number of fused-ring (bicyclic) bond motifs is 3. The Bertz CT molecular complexity index is 4170. The van der Waals surface area contributed by atoms with Crippen LogP contribution in [-0.2, 0) is 57.7 Å². The first-order valence-electron chi connectivity index (χ1n) is 42.2. The van der Waals surface area contributed by atoms with E-state index in [2.05, 4.69) is 51.8 Å². The van der Waals surface area contributed by atoms with Gasteiger partial charge in [-0.25, -0.2) is 40.3 Å². The quantitative estimate of drug-likeness (QED) is 0.00464. The van der Waals surface area contributed by atoms with Gasteiger partial charge in [0.15, 0.2) is 30.5 Å². The van der Waals surface area contributed by atoms with Crippen LogP contribution in [0.15, 0.2) is 133 Å². The molecule has 0 bridgehead atoms. The molecule has 5 atom stereocenters. The van der Waals surface area contributed by atoms with Gasteiger partial charge >= 0.3 is 24.1 Å². The van der Waals surface area contributed by atoms with Crippen LogP contribution in [0.3, 0.4) is 0 Å². The fourth-order valence-corrected chi connectivity index (χ4v) is 10.3. The number of carboxylic acids is 2. The van der Waals surface area contributed by atoms with Crippen molar-refractivity contribution < 1.29 is 130 Å². The Kier molecular flexibility index (Phi) is 69.0. The molecule has 8 rings (SSSR count). The number of alkyl halides is 5. The van der Waals surface area contributed by atoms with Crippen LogP contribution in [0, 0.1) is 53.3 Å². The molecule has 0 aromatic heterocycles. The van der Waals surface area contributed by atoms with Gasteiger partial charge in [0.05, 0.1) is 44.3 Å². The summed E-state index contributed by atoms with van der Waals surface area (Å²) < 4.78 is 36.6. The number of benzene rings is 5. The van der Waals surface area contributed by atoms with E-state index in [0.29, 0.717) is 112 Å². The van der Waals surface area contributed by atoms with E-state index in [9.17, 15) is 75.5 Å². The lowest BCUT2D eigenvalue weighted by molar-refractivity contribution is -0.191. The third-order valence-electron chi connectivity index (χ3n) is 16.4. The van der Waals surface area contributed by atoms with Crippen molar-refractivity contribution in [1.82, 2.24) is 36.6 Å². The molecule has 5 aromatic rings. The van der Waals surface area contributed by atoms with E-state index in [1.165, 1.54) is 12.1 Å². The molecule has 0 saturated carbocycles. The van der Waals surface area contributed by atoms with E-state index >= 15 is 0 Å². The first-order chi connectivity index (χ1) is 61.2. The van der Waals surface area contributed by atoms with E-state index in [1.54, 1.807) is 136 Å². The number of hydrogen-bond acceptors (Lipinski definition) is 25. The lowest BCUT2D eigenvalue weighted by Crippen LogP contribution is -2.44. The molecule has 3 aliphatic rings. The van der Waals surface area contributed by atoms with Crippen molar-refractivity contribution in [2.24, 2.45) is 76.6 Å². The van der Waals surface area contributed by atoms with Gasteiger partial charge in [0.25, 0.3) is 59.1 Å². The topological polar surface area (TPSA) is 548 Å². The zero-order chi connectivity index (χ0) is 101. The van der Waals surface area contributed by atoms with Crippen LogP contribution in [0.2, 0.25) is 0 Å². The largest absolute Gasteiger partial charge is 0.479 e. The Balaban J connectivity index is -0.000000480. The zero-order valence-electron chi connectivity index (χ0n) is 79.5. The number of aromatic carboxylic acids is 1. The molecule has 3 aliphatic heterocycles. The third-order valence-corrected chi connectivity index (χ3v) is 16.4. The molecule has 35 nitrogen and oxygen atoms in total. The van der Waals surface area contributed by atoms with Crippen LogP contribution in [0.25, 0.3) is 0 Å². The molecule has 0 spiro atoms. The van der Waals surface area contributed by atoms with Crippen molar-refractivity contribution in [2.45, 2.75) is 227 Å². The summed E-state index contributed by atoms with van der Waals surface area (Å²) in [7, 11) is 1.00. The maximum atomic E-state index is 12.4. The zero-order valence-corrected chi connectivity index (χ0v) is 81.0. The number of aliphatic carboxylic acids is 1. The van der Waals surface area contributed by atoms with Crippen molar-refractivity contribution in [3.63, 3.8) is 0 Å². The number of aliphatic hydroxyl groups is 1. The first kappa shape index (κ1) is 131. The second-order valence-electron chi connectivity index (χ2n) is 33.7. The van der Waals surface area contributed by atoms with Crippen molar-refractivity contribution in [3.05, 3.63) is 178 Å². The Morgan fingerprint density at radius 3 is 0.910 bits per heavy atom. The summed E-state index contributed by atoms with van der Waals surface area (Å²) in [5.41, 5.74) is 9.29. The number of carbonyl (C=O) groups is 14. The number of hydrazine groups is 1. The van der Waals surface area contributed by atoms with Gasteiger partial charge in [0, 0.05) is 32.3 Å². The molecule has 133 heavy (non-hydrogen) atoms. The summed E-state index contributed by atoms with van der Waals surface area (Å²) in [6.07, 6.45) is -7.88. The second-order valence-corrected chi connectivity index (χ2v) is 34.5. The molecule has 40 heteroatoms. The Morgan fingerprint density at radius 2 is 0.662 bits per heavy atom. The van der Waals surface area contributed by atoms with Gasteiger partial charge in [-0.1, -0.05) is 205 Å². The normalized spacial score (nSPS) is 13.0. The summed E-state index contributed by atoms with van der Waals surface area (Å²) >= 11 is 9.53. The van der Waals surface area contributed by atoms with Gasteiger partial charge in [-0.2, -0.15) is 13.2 Å². The number of nitrogens with one attached hydrogen (secondary N) is 4. The number of carbonyl (C=O) groups excluding carboxylic acids is 12. The highest BCUT2D eigenvalue weighted by atomic mass is 35.5. The highest BCUT2D eigenvalue weighted by molar-refractivity contribution is 6.40. The van der Waals surface area contributed by atoms with E-state index in [0.717, 1.165) is 13.7 Å². The summed E-state index contributed by atoms with van der Waals surface area (Å²) in [5.74, 6) is 8.80. The van der Waals surface area contributed by atoms with Gasteiger partial charge in [-0.3, -0.25) is 74.1 Å². The number of nitrogens with two attached hydrogens (primary N) is 4. The molecule has 0 radical (unpaired) electrons. The molecule has 0 aliphatic carbocycles. The molecular weight excluding hydrogens is 1780 g/mol. The SMILES string of the molecule is C.CC(C)CN.CC(C)CNC(=O)[C@@H](CC(C)C)ON.CC(C)CNC(=O)[C@@H](CC(C)C)ON1C(=O)c2ccccc2C1=O.CC(C)CNC(=O)[C@@H](CC(C)C)ONC(=O)c1ccccc1.CC(C)C[C@@H](ON1C(=O)c2ccccc2C1=O)C(=O)O.CC(C)C[C@@H](ON1C(=O)c2ccccc2C1=O)C(=O)OC(C)(C)C.CO.ClCCl.NN.O.O=C(O)c1ccccc1.O=CC(F)(F)F. The predicted molar refractivity (Wildman–Crippen MR) is 500 cm³/mol. The second kappa shape index (κ2) is 70.1. The Labute approximate surface area is 789 Å². The fourth-order valence-electron chi connectivity index (χ4n) is 10.3. The van der Waals surface area contributed by atoms with E-state index in [1.807, 2.05) is 117 Å². The van der Waals surface area contributed by atoms with E-state index in [-0.39, 0.29) is 94.2 Å². The summed E-state index contributed by atoms with van der Waals surface area (Å²) in [6.45, 7) is 43.6. The summed E-state index contributed by atoms with van der Waals surface area (Å²) in [4.78, 5) is 190. The minimum absolute atomic E-state index is 0. The van der Waals surface area contributed by atoms with Crippen LogP contribution < -0.4 is 44.7 Å². The third kappa shape index (κ3) is 54.4. The van der Waals surface area contributed by atoms with Crippen LogP contribution in [0.1, 0.15) is 268 Å². The number of imide groups is 3. The van der Waals surface area contributed by atoms with Gasteiger partial charge in [-0.05, 0) is 173 Å². The van der Waals surface area contributed by atoms with Gasteiger partial charge in [0.1, 0.15) is 5.60 Å². The summed E-state index contributed by atoms with van der Waals surface area (Å²) in [5, 5.41) is 35.0. The van der Waals surface area contributed by atoms with Crippen molar-refractivity contribution >= 4 is 106 Å². The average molecular weight is 1930 g/mol. The Hall–Kier alpha value is -10.6. The molecular formula is C93H144Cl2F3N11O24. The van der Waals surface area contributed by atoms with Gasteiger partial charge in [0.2, 0.25) is 6.29 Å². The van der Waals surface area contributed by atoms with Crippen LogP contribution >= 0.6 is 23.2 Å². The molecule has 0 fully saturated rings. The minimum atomic E-state index is -4.64. The van der Waals surface area contributed by atoms with Crippen LogP contribution in [0.5, 0.6) is 0 Å². The molecule has 10 amide bonds. The van der Waals surface area contributed by atoms with Crippen molar-refractivity contribution in [3.8, 4) is 0 Å². The monoisotopic (exact) mass is 1930 g/mol. The standard InChI is InChI=1S/C18H24N2O4.C18H23NO5.C17H26N2O3.C14H15NO5.C10H22N2O2.C7H6O2.C4H11N.C2HF3O.CH2Cl2.CH4O.CH4.H4N2.H2O/c1-11(2)9-15(16(21)19-10-12(3)4)24-20-17(22)13-7-5-6-8-14(13)18(20)23;1-11(2)10-14(17(22)23-18(3,4)5)24-19-15(20)12-8-6-7-9-13(12)16(19)21;1-12(2)10-15(17(21)18-11-13(3)4)22-19-16(20)14-8-6-5-7-9-14;1-8(2)7-11(14(18)19)20-15-12(16)9-5-3-4-6-10(9)13(15)17;1-7(2)5-9(14-11)10(13)12-6-8(3)4;8-7(9)6-4-2-1-3-5-6;1-4(2)3-5;3-2(4,5)1-6;2-1-3;1-2;;1-2;/h5-8,11-12,15H,9-10H2,1-4H3,(H,19,21);6-9,11,14H,10H2,1-5H3;5-9,12-13,15H,10-11H2,1-4H3,(H,18,21)(H,19,20);3-6,8,11H,7H2,1-2H3,(H,18,19);7-9H,5-6,11H2,1-4H3,(H,12,13);1-5H,(H,8,9);4H,3,5H2,1-2H3;1H;1H2;2H,1H3;1H4;1-2H2;1H2/t15-;14-;15-;11-;9-;;;;;;;;/m11111......../s1. The van der Waals surface area contributed by atoms with Gasteiger partial charge in [-0.15, -0.1) is 38.4 Å². The number of esters is 1. The summed E-state index contributed by atoms with van der Waals surface area (Å²) in [6, 6.07) is 36.3. The average Bonchev–Trinajstić information content (AvgIpc) is 1.65. The first-order valence-corrected chi connectivity index (χ1v) is 43.3. The number of ether oxygens (including phenoxy) is 1. The Morgan fingerprint density at radius 1 is 0.421 bits per heavy atom. The predicted octanol–water partition coefficient (Wildman–Crippen LogP) is 13.1. The number of carboxylic acid groups (broad SMARTS) is 2. The number of nitrogens with zero attached hydrogens (tertiary/aromatic N) is 3. The molecule has 5 aromatic carbocycles. The van der Waals surface area contributed by atoms with E-state index < -0.39 is 102 Å². The number of rotatable bonds is 33. The number of halogens is 5. The molecule has 750 valence electrons.